The third-order valence-corrected chi connectivity index (χ3v) is 5.02. The van der Waals surface area contributed by atoms with Crippen molar-refractivity contribution in [3.8, 4) is 22.5 Å². The van der Waals surface area contributed by atoms with Crippen LogP contribution in [0.15, 0.2) is 96.4 Å². The molecule has 33 heavy (non-hydrogen) atoms. The third kappa shape index (κ3) is 5.37. The van der Waals surface area contributed by atoms with Crippen LogP contribution < -0.4 is 5.43 Å². The highest BCUT2D eigenvalue weighted by atomic mass is 16.6. The Kier molecular flexibility index (Phi) is 6.65. The highest BCUT2D eigenvalue weighted by Crippen LogP contribution is 2.31. The van der Waals surface area contributed by atoms with E-state index in [1.165, 1.54) is 18.3 Å². The average Bonchev–Trinajstić information content (AvgIpc) is 3.28. The van der Waals surface area contributed by atoms with Crippen LogP contribution in [-0.4, -0.2) is 26.6 Å². The van der Waals surface area contributed by atoms with Crippen molar-refractivity contribution in [2.24, 2.45) is 5.10 Å². The summed E-state index contributed by atoms with van der Waals surface area (Å²) < 4.78 is 1.97. The number of aryl methyl sites for hydroxylation is 1. The van der Waals surface area contributed by atoms with Crippen LogP contribution in [0.5, 0.6) is 0 Å². The van der Waals surface area contributed by atoms with Gasteiger partial charge in [0, 0.05) is 36.2 Å². The summed E-state index contributed by atoms with van der Waals surface area (Å²) in [4.78, 5) is 27.2. The van der Waals surface area contributed by atoms with Gasteiger partial charge in [-0.15, -0.1) is 0 Å². The van der Waals surface area contributed by atoms with E-state index in [4.69, 9.17) is 0 Å². The minimum absolute atomic E-state index is 0.000565. The van der Waals surface area contributed by atoms with Gasteiger partial charge in [-0.2, -0.15) is 5.10 Å². The fraction of sp³-hybridized carbons (Fsp3) is 0.0800. The molecule has 1 N–H and O–H groups in total. The minimum Gasteiger partial charge on any atom is -0.330 e. The molecule has 1 aromatic heterocycles. The number of benzene rings is 3. The second-order valence-electron chi connectivity index (χ2n) is 7.26. The van der Waals surface area contributed by atoms with Gasteiger partial charge >= 0.3 is 0 Å². The maximum atomic E-state index is 12.3. The maximum absolute atomic E-state index is 12.3. The molecule has 0 unspecified atom stereocenters. The Labute approximate surface area is 190 Å². The Morgan fingerprint density at radius 1 is 0.970 bits per heavy atom. The summed E-state index contributed by atoms with van der Waals surface area (Å²) in [6, 6.07) is 25.8. The number of nitrogens with one attached hydrogen (secondary N) is 1. The van der Waals surface area contributed by atoms with E-state index in [9.17, 15) is 14.9 Å². The molecule has 0 saturated heterocycles. The van der Waals surface area contributed by atoms with Crippen LogP contribution in [0.25, 0.3) is 22.5 Å². The number of nitro benzene ring substituents is 1. The van der Waals surface area contributed by atoms with Crippen molar-refractivity contribution in [3.63, 3.8) is 0 Å². The number of non-ortho nitro benzene ring substituents is 1. The largest absolute Gasteiger partial charge is 0.330 e. The number of carbonyl (C=O) groups excluding carboxylic acids is 1. The van der Waals surface area contributed by atoms with Gasteiger partial charge in [0.05, 0.1) is 28.9 Å². The van der Waals surface area contributed by atoms with E-state index in [0.29, 0.717) is 12.1 Å². The fourth-order valence-corrected chi connectivity index (χ4v) is 3.40. The van der Waals surface area contributed by atoms with Crippen molar-refractivity contribution >= 4 is 17.8 Å². The van der Waals surface area contributed by atoms with Gasteiger partial charge in [-0.25, -0.2) is 10.4 Å². The summed E-state index contributed by atoms with van der Waals surface area (Å²) in [6.07, 6.45) is 3.40. The molecule has 0 atom stereocenters. The molecule has 0 spiro atoms. The number of hydrogen-bond acceptors (Lipinski definition) is 5. The van der Waals surface area contributed by atoms with Crippen molar-refractivity contribution in [1.29, 1.82) is 0 Å². The third-order valence-electron chi connectivity index (χ3n) is 5.02. The second kappa shape index (κ2) is 10.1. The number of rotatable bonds is 8. The predicted molar refractivity (Wildman–Crippen MR) is 127 cm³/mol. The molecular weight excluding hydrogens is 418 g/mol. The molecule has 0 saturated carbocycles. The Morgan fingerprint density at radius 2 is 1.61 bits per heavy atom. The molecule has 8 heteroatoms. The monoisotopic (exact) mass is 439 g/mol. The molecule has 0 aliphatic carbocycles. The van der Waals surface area contributed by atoms with E-state index >= 15 is 0 Å². The van der Waals surface area contributed by atoms with E-state index in [2.05, 4.69) is 15.5 Å². The number of carbonyl (C=O) groups is 1. The van der Waals surface area contributed by atoms with Crippen LogP contribution in [0.3, 0.4) is 0 Å². The summed E-state index contributed by atoms with van der Waals surface area (Å²) >= 11 is 0. The number of hydrazone groups is 1. The molecule has 8 nitrogen and oxygen atoms in total. The maximum Gasteiger partial charge on any atom is 0.269 e. The van der Waals surface area contributed by atoms with Gasteiger partial charge in [-0.05, 0) is 17.7 Å². The lowest BCUT2D eigenvalue weighted by atomic mass is 10.0. The Morgan fingerprint density at radius 3 is 2.24 bits per heavy atom. The predicted octanol–water partition coefficient (Wildman–Crippen LogP) is 4.67. The second-order valence-corrected chi connectivity index (χ2v) is 7.26. The molecule has 4 rings (SSSR count). The fourth-order valence-electron chi connectivity index (χ4n) is 3.40. The van der Waals surface area contributed by atoms with Crippen molar-refractivity contribution < 1.29 is 9.72 Å². The number of aromatic nitrogens is 2. The summed E-state index contributed by atoms with van der Waals surface area (Å²) in [6.45, 7) is 0.433. The van der Waals surface area contributed by atoms with Gasteiger partial charge in [0.1, 0.15) is 0 Å². The van der Waals surface area contributed by atoms with E-state index in [0.717, 1.165) is 22.5 Å². The molecule has 1 amide bonds. The summed E-state index contributed by atoms with van der Waals surface area (Å²) in [5.41, 5.74) is 6.98. The van der Waals surface area contributed by atoms with E-state index in [-0.39, 0.29) is 18.0 Å². The van der Waals surface area contributed by atoms with Crippen molar-refractivity contribution in [1.82, 2.24) is 15.0 Å². The first-order valence-corrected chi connectivity index (χ1v) is 10.3. The van der Waals surface area contributed by atoms with Gasteiger partial charge in [0.2, 0.25) is 5.91 Å². The summed E-state index contributed by atoms with van der Waals surface area (Å²) in [7, 11) is 0. The molecule has 0 bridgehead atoms. The average molecular weight is 439 g/mol. The lowest BCUT2D eigenvalue weighted by Crippen LogP contribution is -2.19. The van der Waals surface area contributed by atoms with Gasteiger partial charge in [0.15, 0.2) is 0 Å². The topological polar surface area (TPSA) is 102 Å². The SMILES string of the molecule is O=C(CCn1cnc(-c2ccccc2)c1-c1ccccc1)N/N=C\c1ccc([N+](=O)[O-])cc1. The van der Waals surface area contributed by atoms with E-state index in [1.807, 2.05) is 65.2 Å². The molecule has 164 valence electrons. The molecule has 0 fully saturated rings. The van der Waals surface area contributed by atoms with Crippen molar-refractivity contribution in [2.45, 2.75) is 13.0 Å². The lowest BCUT2D eigenvalue weighted by molar-refractivity contribution is -0.384. The van der Waals surface area contributed by atoms with Crippen LogP contribution >= 0.6 is 0 Å². The molecule has 3 aromatic carbocycles. The molecular formula is C25H21N5O3. The normalized spacial score (nSPS) is 10.9. The van der Waals surface area contributed by atoms with Crippen molar-refractivity contribution in [3.05, 3.63) is 107 Å². The minimum atomic E-state index is -0.467. The van der Waals surface area contributed by atoms with Gasteiger partial charge in [-0.3, -0.25) is 14.9 Å². The number of imidazole rings is 1. The molecule has 0 aliphatic rings. The smallest absolute Gasteiger partial charge is 0.269 e. The van der Waals surface area contributed by atoms with Crippen LogP contribution in [0.1, 0.15) is 12.0 Å². The highest BCUT2D eigenvalue weighted by molar-refractivity contribution is 5.83. The zero-order valence-corrected chi connectivity index (χ0v) is 17.7. The zero-order chi connectivity index (χ0) is 23.0. The first kappa shape index (κ1) is 21.6. The van der Waals surface area contributed by atoms with Crippen LogP contribution in [0.2, 0.25) is 0 Å². The number of hydrogen-bond donors (Lipinski definition) is 1. The summed E-state index contributed by atoms with van der Waals surface area (Å²) in [5.74, 6) is -0.248. The molecule has 0 aliphatic heterocycles. The van der Waals surface area contributed by atoms with E-state index in [1.54, 1.807) is 18.5 Å². The zero-order valence-electron chi connectivity index (χ0n) is 17.7. The Balaban J connectivity index is 1.44. The van der Waals surface area contributed by atoms with E-state index < -0.39 is 4.92 Å². The first-order valence-electron chi connectivity index (χ1n) is 10.3. The molecule has 0 radical (unpaired) electrons. The first-order chi connectivity index (χ1) is 16.1. The standard InChI is InChI=1S/C25H21N5O3/c31-23(28-27-17-19-11-13-22(14-12-19)30(32)33)15-16-29-18-26-24(20-7-3-1-4-8-20)25(29)21-9-5-2-6-10-21/h1-14,17-18H,15-16H2,(H,28,31)/b27-17-. The Hall–Kier alpha value is -4.59. The van der Waals surface area contributed by atoms with Crippen LogP contribution in [-0.2, 0) is 11.3 Å². The number of nitrogens with zero attached hydrogens (tertiary/aromatic N) is 4. The highest BCUT2D eigenvalue weighted by Gasteiger charge is 2.15. The van der Waals surface area contributed by atoms with Crippen LogP contribution in [0.4, 0.5) is 5.69 Å². The molecule has 1 heterocycles. The number of nitro groups is 1. The van der Waals surface area contributed by atoms with Gasteiger partial charge < -0.3 is 4.57 Å². The van der Waals surface area contributed by atoms with Gasteiger partial charge in [0.25, 0.3) is 5.69 Å². The van der Waals surface area contributed by atoms with Crippen molar-refractivity contribution in [2.75, 3.05) is 0 Å². The Bertz CT molecular complexity index is 1270. The summed E-state index contributed by atoms with van der Waals surface area (Å²) in [5, 5.41) is 14.7. The quantitative estimate of drug-likeness (QED) is 0.245. The number of amides is 1. The van der Waals surface area contributed by atoms with Gasteiger partial charge in [-0.1, -0.05) is 60.7 Å². The van der Waals surface area contributed by atoms with Crippen LogP contribution in [0, 0.1) is 10.1 Å². The lowest BCUT2D eigenvalue weighted by Gasteiger charge is -2.10. The molecule has 4 aromatic rings.